The summed E-state index contributed by atoms with van der Waals surface area (Å²) in [6.45, 7) is 12.0. The number of hydrogen-bond acceptors (Lipinski definition) is 2. The lowest BCUT2D eigenvalue weighted by Gasteiger charge is -2.54. The number of rotatable bonds is 3. The van der Waals surface area contributed by atoms with E-state index in [9.17, 15) is 0 Å². The van der Waals surface area contributed by atoms with Gasteiger partial charge >= 0.3 is 0 Å². The van der Waals surface area contributed by atoms with Crippen LogP contribution in [0.4, 0.5) is 17.1 Å². The first-order chi connectivity index (χ1) is 13.2. The smallest absolute Gasteiger partial charge is 0.0443 e. The van der Waals surface area contributed by atoms with Crippen molar-refractivity contribution in [2.24, 2.45) is 11.3 Å². The Labute approximate surface area is 170 Å². The van der Waals surface area contributed by atoms with E-state index in [1.54, 1.807) is 0 Å². The van der Waals surface area contributed by atoms with E-state index in [4.69, 9.17) is 5.73 Å². The minimum absolute atomic E-state index is 0.228. The van der Waals surface area contributed by atoms with Gasteiger partial charge in [-0.15, -0.1) is 0 Å². The van der Waals surface area contributed by atoms with Gasteiger partial charge < -0.3 is 11.1 Å². The van der Waals surface area contributed by atoms with E-state index in [0.717, 1.165) is 23.7 Å². The van der Waals surface area contributed by atoms with Crippen molar-refractivity contribution < 1.29 is 0 Å². The van der Waals surface area contributed by atoms with Crippen molar-refractivity contribution in [2.75, 3.05) is 11.1 Å². The Bertz CT molecular complexity index is 866. The molecule has 0 unspecified atom stereocenters. The molecule has 2 nitrogen and oxygen atoms in total. The fourth-order valence-corrected chi connectivity index (χ4v) is 6.39. The van der Waals surface area contributed by atoms with Gasteiger partial charge in [-0.05, 0) is 77.7 Å². The van der Waals surface area contributed by atoms with Crippen molar-refractivity contribution in [2.45, 2.75) is 78.1 Å². The number of nitrogens with one attached hydrogen (secondary N) is 1. The van der Waals surface area contributed by atoms with Crippen LogP contribution in [0.15, 0.2) is 36.4 Å². The maximum atomic E-state index is 6.87. The molecule has 2 aromatic rings. The minimum atomic E-state index is 0.228. The lowest BCUT2D eigenvalue weighted by atomic mass is 9.50. The van der Waals surface area contributed by atoms with Crippen molar-refractivity contribution in [3.8, 4) is 0 Å². The number of nitrogen functional groups attached to an aromatic ring is 1. The molecule has 2 aromatic carbocycles. The summed E-state index contributed by atoms with van der Waals surface area (Å²) in [5, 5.41) is 3.70. The van der Waals surface area contributed by atoms with Crippen LogP contribution in [0.2, 0.25) is 0 Å². The minimum Gasteiger partial charge on any atom is -0.398 e. The van der Waals surface area contributed by atoms with E-state index in [2.05, 4.69) is 76.3 Å². The zero-order chi connectivity index (χ0) is 20.1. The van der Waals surface area contributed by atoms with E-state index < -0.39 is 0 Å². The van der Waals surface area contributed by atoms with Crippen molar-refractivity contribution in [3.63, 3.8) is 0 Å². The summed E-state index contributed by atoms with van der Waals surface area (Å²) >= 11 is 0. The highest BCUT2D eigenvalue weighted by atomic mass is 14.9. The van der Waals surface area contributed by atoms with Crippen LogP contribution in [0.5, 0.6) is 0 Å². The van der Waals surface area contributed by atoms with Crippen LogP contribution in [0, 0.1) is 11.3 Å². The molecule has 0 aliphatic heterocycles. The number of fused-ring (bicyclic) bond motifs is 3. The SMILES string of the molecule is CC(C)c1c(Nc2ccccc2)cc2c(c1N)CC[C@H]1C(C)(C)CCC[C@]21C. The molecule has 2 heteroatoms. The normalized spacial score (nSPS) is 25.9. The molecule has 3 N–H and O–H groups in total. The van der Waals surface area contributed by atoms with Gasteiger partial charge in [0, 0.05) is 22.6 Å². The highest BCUT2D eigenvalue weighted by Gasteiger charge is 2.50. The van der Waals surface area contributed by atoms with Gasteiger partial charge in [0.1, 0.15) is 0 Å². The Morgan fingerprint density at radius 1 is 1.07 bits per heavy atom. The lowest BCUT2D eigenvalue weighted by Crippen LogP contribution is -2.48. The molecule has 2 aliphatic rings. The van der Waals surface area contributed by atoms with E-state index >= 15 is 0 Å². The zero-order valence-corrected chi connectivity index (χ0v) is 18.2. The summed E-state index contributed by atoms with van der Waals surface area (Å²) in [6.07, 6.45) is 6.32. The van der Waals surface area contributed by atoms with Crippen LogP contribution in [0.3, 0.4) is 0 Å². The largest absolute Gasteiger partial charge is 0.398 e. The van der Waals surface area contributed by atoms with Crippen molar-refractivity contribution >= 4 is 17.1 Å². The molecule has 0 bridgehead atoms. The second-order valence-corrected chi connectivity index (χ2v) is 10.3. The highest BCUT2D eigenvalue weighted by molar-refractivity contribution is 5.76. The quantitative estimate of drug-likeness (QED) is 0.557. The fraction of sp³-hybridized carbons (Fsp3) is 0.538. The van der Waals surface area contributed by atoms with Crippen LogP contribution < -0.4 is 11.1 Å². The van der Waals surface area contributed by atoms with Gasteiger partial charge in [0.2, 0.25) is 0 Å². The molecule has 2 aliphatic carbocycles. The van der Waals surface area contributed by atoms with Crippen molar-refractivity contribution in [1.29, 1.82) is 0 Å². The monoisotopic (exact) mass is 376 g/mol. The second kappa shape index (κ2) is 6.83. The summed E-state index contributed by atoms with van der Waals surface area (Å²) < 4.78 is 0. The Balaban J connectivity index is 1.88. The van der Waals surface area contributed by atoms with Gasteiger partial charge in [-0.25, -0.2) is 0 Å². The Morgan fingerprint density at radius 3 is 2.46 bits per heavy atom. The van der Waals surface area contributed by atoms with Crippen molar-refractivity contribution in [3.05, 3.63) is 53.1 Å². The van der Waals surface area contributed by atoms with Crippen LogP contribution in [-0.2, 0) is 11.8 Å². The Morgan fingerprint density at radius 2 is 1.79 bits per heavy atom. The summed E-state index contributed by atoms with van der Waals surface area (Å²) in [5.41, 5.74) is 15.1. The lowest BCUT2D eigenvalue weighted by molar-refractivity contribution is 0.0409. The first-order valence-corrected chi connectivity index (χ1v) is 11.0. The average Bonchev–Trinajstić information content (AvgIpc) is 2.62. The molecule has 28 heavy (non-hydrogen) atoms. The summed E-state index contributed by atoms with van der Waals surface area (Å²) in [4.78, 5) is 0. The van der Waals surface area contributed by atoms with Gasteiger partial charge in [0.25, 0.3) is 0 Å². The van der Waals surface area contributed by atoms with Gasteiger partial charge in [-0.2, -0.15) is 0 Å². The van der Waals surface area contributed by atoms with E-state index in [1.807, 2.05) is 0 Å². The highest BCUT2D eigenvalue weighted by Crippen LogP contribution is 2.58. The standard InChI is InChI=1S/C26H36N2/c1-17(2)23-21(28-18-10-7-6-8-11-18)16-20-19(24(23)27)12-13-22-25(3,4)14-9-15-26(20,22)5/h6-8,10-11,16-17,22,28H,9,12-15,27H2,1-5H3/t22-,26+/m0/s1. The van der Waals surface area contributed by atoms with Gasteiger partial charge in [0.05, 0.1) is 0 Å². The van der Waals surface area contributed by atoms with Crippen LogP contribution in [0.1, 0.15) is 82.9 Å². The molecule has 4 rings (SSSR count). The molecule has 0 aromatic heterocycles. The predicted molar refractivity (Wildman–Crippen MR) is 121 cm³/mol. The van der Waals surface area contributed by atoms with Gasteiger partial charge in [-0.3, -0.25) is 0 Å². The molecule has 0 spiro atoms. The number of para-hydroxylation sites is 1. The number of benzene rings is 2. The molecule has 0 heterocycles. The maximum absolute atomic E-state index is 6.87. The summed E-state index contributed by atoms with van der Waals surface area (Å²) in [7, 11) is 0. The Hall–Kier alpha value is -1.96. The molecule has 1 saturated carbocycles. The van der Waals surface area contributed by atoms with Crippen molar-refractivity contribution in [1.82, 2.24) is 0 Å². The third-order valence-electron chi connectivity index (χ3n) is 7.68. The maximum Gasteiger partial charge on any atom is 0.0443 e. The summed E-state index contributed by atoms with van der Waals surface area (Å²) in [5.74, 6) is 1.12. The second-order valence-electron chi connectivity index (χ2n) is 10.3. The molecule has 0 radical (unpaired) electrons. The molecule has 1 fully saturated rings. The molecule has 0 amide bonds. The third kappa shape index (κ3) is 3.02. The van der Waals surface area contributed by atoms with Crippen LogP contribution in [0.25, 0.3) is 0 Å². The predicted octanol–water partition coefficient (Wildman–Crippen LogP) is 7.17. The molecule has 150 valence electrons. The fourth-order valence-electron chi connectivity index (χ4n) is 6.39. The topological polar surface area (TPSA) is 38.0 Å². The van der Waals surface area contributed by atoms with Gasteiger partial charge in [0.15, 0.2) is 0 Å². The first-order valence-electron chi connectivity index (χ1n) is 11.0. The molecular formula is C26H36N2. The average molecular weight is 377 g/mol. The summed E-state index contributed by atoms with van der Waals surface area (Å²) in [6, 6.07) is 13.0. The first kappa shape index (κ1) is 19.4. The molecule has 2 atom stereocenters. The number of nitrogens with two attached hydrogens (primary N) is 1. The zero-order valence-electron chi connectivity index (χ0n) is 18.2. The third-order valence-corrected chi connectivity index (χ3v) is 7.68. The van der Waals surface area contributed by atoms with Crippen LogP contribution >= 0.6 is 0 Å². The number of anilines is 3. The van der Waals surface area contributed by atoms with Crippen LogP contribution in [-0.4, -0.2) is 0 Å². The number of hydrogen-bond donors (Lipinski definition) is 2. The van der Waals surface area contributed by atoms with E-state index in [-0.39, 0.29) is 5.41 Å². The van der Waals surface area contributed by atoms with E-state index in [0.29, 0.717) is 11.3 Å². The van der Waals surface area contributed by atoms with E-state index in [1.165, 1.54) is 48.1 Å². The van der Waals surface area contributed by atoms with Gasteiger partial charge in [-0.1, -0.05) is 59.2 Å². The molecule has 0 saturated heterocycles. The Kier molecular flexibility index (Phi) is 4.72. The molecular weight excluding hydrogens is 340 g/mol.